The Morgan fingerprint density at radius 3 is 2.27 bits per heavy atom. The van der Waals surface area contributed by atoms with Crippen LogP contribution < -0.4 is 0 Å². The summed E-state index contributed by atoms with van der Waals surface area (Å²) < 4.78 is 51.7. The Kier molecular flexibility index (Phi) is 5.82. The van der Waals surface area contributed by atoms with Crippen LogP contribution in [0, 0.1) is 12.3 Å². The Bertz CT molecular complexity index is 413. The lowest BCUT2D eigenvalue weighted by Crippen LogP contribution is -2.14. The van der Waals surface area contributed by atoms with E-state index in [4.69, 9.17) is 6.42 Å². The highest BCUT2D eigenvalue weighted by atomic mass is 32.2. The molecule has 0 heterocycles. The van der Waals surface area contributed by atoms with Gasteiger partial charge in [0.05, 0.1) is 18.6 Å². The summed E-state index contributed by atoms with van der Waals surface area (Å²) >= 11 is 0. The largest absolute Gasteiger partial charge is 0.270 e. The molecule has 0 N–H and O–H groups in total. The van der Waals surface area contributed by atoms with E-state index in [1.165, 1.54) is 0 Å². The molecule has 0 bridgehead atoms. The van der Waals surface area contributed by atoms with Crippen LogP contribution in [0.1, 0.15) is 6.42 Å². The minimum Gasteiger partial charge on any atom is -0.270 e. The van der Waals surface area contributed by atoms with Gasteiger partial charge in [0.1, 0.15) is 6.61 Å². The molecule has 0 aromatic carbocycles. The van der Waals surface area contributed by atoms with Gasteiger partial charge >= 0.3 is 0 Å². The standard InChI is InChI=1S/C7H12O6S2/c1-3-5-13-15(10,11)7-4-6-12-14(2,8)9/h1H,4-7H2,2H3. The number of hydrogen-bond acceptors (Lipinski definition) is 6. The van der Waals surface area contributed by atoms with Gasteiger partial charge < -0.3 is 0 Å². The molecule has 0 aromatic rings. The molecule has 8 heteroatoms. The summed E-state index contributed by atoms with van der Waals surface area (Å²) in [7, 11) is -7.21. The first-order valence-electron chi connectivity index (χ1n) is 3.92. The topological polar surface area (TPSA) is 86.7 Å². The Morgan fingerprint density at radius 2 is 1.80 bits per heavy atom. The number of terminal acetylenes is 1. The minimum atomic E-state index is -3.68. The molecule has 0 amide bonds. The summed E-state index contributed by atoms with van der Waals surface area (Å²) in [6.45, 7) is -0.521. The fourth-order valence-electron chi connectivity index (χ4n) is 0.629. The highest BCUT2D eigenvalue weighted by Crippen LogP contribution is 1.98. The van der Waals surface area contributed by atoms with Crippen LogP contribution in [-0.4, -0.2) is 42.1 Å². The zero-order valence-corrected chi connectivity index (χ0v) is 9.80. The van der Waals surface area contributed by atoms with Gasteiger partial charge in [-0.05, 0) is 6.42 Å². The molecular formula is C7H12O6S2. The van der Waals surface area contributed by atoms with E-state index in [-0.39, 0.29) is 25.4 Å². The molecule has 0 unspecified atom stereocenters. The van der Waals surface area contributed by atoms with Crippen molar-refractivity contribution in [2.75, 3.05) is 25.2 Å². The Balaban J connectivity index is 3.83. The molecule has 6 nitrogen and oxygen atoms in total. The van der Waals surface area contributed by atoms with E-state index in [0.29, 0.717) is 0 Å². The quantitative estimate of drug-likeness (QED) is 0.341. The van der Waals surface area contributed by atoms with Gasteiger partial charge in [0.15, 0.2) is 0 Å². The molecule has 0 rings (SSSR count). The summed E-state index contributed by atoms with van der Waals surface area (Å²) in [5.74, 6) is 1.68. The second-order valence-corrected chi connectivity index (χ2v) is 6.01. The van der Waals surface area contributed by atoms with Gasteiger partial charge in [-0.1, -0.05) is 5.92 Å². The van der Waals surface area contributed by atoms with Crippen LogP contribution in [0.15, 0.2) is 0 Å². The van der Waals surface area contributed by atoms with Crippen molar-refractivity contribution in [2.24, 2.45) is 0 Å². The van der Waals surface area contributed by atoms with Gasteiger partial charge in [-0.25, -0.2) is 0 Å². The average Bonchev–Trinajstić information content (AvgIpc) is 2.08. The van der Waals surface area contributed by atoms with Gasteiger partial charge in [0.25, 0.3) is 20.2 Å². The van der Waals surface area contributed by atoms with Gasteiger partial charge in [-0.2, -0.15) is 16.8 Å². The van der Waals surface area contributed by atoms with Crippen LogP contribution in [0.5, 0.6) is 0 Å². The predicted molar refractivity (Wildman–Crippen MR) is 54.0 cm³/mol. The van der Waals surface area contributed by atoms with Gasteiger partial charge in [-0.15, -0.1) is 6.42 Å². The summed E-state index contributed by atoms with van der Waals surface area (Å²) in [6, 6.07) is 0. The van der Waals surface area contributed by atoms with E-state index in [1.807, 2.05) is 5.92 Å². The number of hydrogen-bond donors (Lipinski definition) is 0. The van der Waals surface area contributed by atoms with Crippen LogP contribution in [0.4, 0.5) is 0 Å². The normalized spacial score (nSPS) is 12.3. The lowest BCUT2D eigenvalue weighted by Gasteiger charge is -2.02. The fourth-order valence-corrected chi connectivity index (χ4v) is 1.89. The Labute approximate surface area is 89.8 Å². The first kappa shape index (κ1) is 14.4. The highest BCUT2D eigenvalue weighted by molar-refractivity contribution is 7.86. The van der Waals surface area contributed by atoms with Crippen molar-refractivity contribution in [3.63, 3.8) is 0 Å². The van der Waals surface area contributed by atoms with Gasteiger partial charge in [0.2, 0.25) is 0 Å². The summed E-state index contributed by atoms with van der Waals surface area (Å²) in [5.41, 5.74) is 0. The molecule has 0 saturated carbocycles. The van der Waals surface area contributed by atoms with Crippen LogP contribution in [-0.2, 0) is 28.6 Å². The zero-order chi connectivity index (χ0) is 11.9. The highest BCUT2D eigenvalue weighted by Gasteiger charge is 2.11. The maximum atomic E-state index is 11.0. The molecule has 0 saturated heterocycles. The lowest BCUT2D eigenvalue weighted by molar-refractivity contribution is 0.315. The van der Waals surface area contributed by atoms with E-state index in [1.54, 1.807) is 0 Å². The molecule has 15 heavy (non-hydrogen) atoms. The van der Waals surface area contributed by atoms with E-state index in [2.05, 4.69) is 8.37 Å². The molecule has 0 aliphatic carbocycles. The maximum Gasteiger partial charge on any atom is 0.268 e. The van der Waals surface area contributed by atoms with Crippen molar-refractivity contribution in [3.8, 4) is 12.3 Å². The third kappa shape index (κ3) is 9.68. The molecule has 0 aliphatic heterocycles. The molecule has 0 aromatic heterocycles. The molecule has 0 aliphatic rings. The molecule has 0 radical (unpaired) electrons. The fraction of sp³-hybridized carbons (Fsp3) is 0.714. The van der Waals surface area contributed by atoms with E-state index in [9.17, 15) is 16.8 Å². The van der Waals surface area contributed by atoms with Crippen molar-refractivity contribution in [2.45, 2.75) is 6.42 Å². The molecule has 88 valence electrons. The third-order valence-electron chi connectivity index (χ3n) is 1.16. The average molecular weight is 256 g/mol. The SMILES string of the molecule is C#CCOS(=O)(=O)CCCOS(C)(=O)=O. The van der Waals surface area contributed by atoms with E-state index >= 15 is 0 Å². The maximum absolute atomic E-state index is 11.0. The lowest BCUT2D eigenvalue weighted by atomic mass is 10.5. The zero-order valence-electron chi connectivity index (χ0n) is 8.17. The summed E-state index contributed by atoms with van der Waals surface area (Å²) in [4.78, 5) is 0. The third-order valence-corrected chi connectivity index (χ3v) is 3.02. The van der Waals surface area contributed by atoms with Crippen molar-refractivity contribution in [1.29, 1.82) is 0 Å². The molecule has 0 spiro atoms. The first-order chi connectivity index (χ1) is 6.77. The van der Waals surface area contributed by atoms with Gasteiger partial charge in [0, 0.05) is 0 Å². The van der Waals surface area contributed by atoms with Crippen molar-refractivity contribution >= 4 is 20.2 Å². The smallest absolute Gasteiger partial charge is 0.268 e. The van der Waals surface area contributed by atoms with Crippen molar-refractivity contribution < 1.29 is 25.2 Å². The van der Waals surface area contributed by atoms with Crippen molar-refractivity contribution in [3.05, 3.63) is 0 Å². The second-order valence-electron chi connectivity index (χ2n) is 2.61. The van der Waals surface area contributed by atoms with E-state index < -0.39 is 20.2 Å². The Morgan fingerprint density at radius 1 is 1.20 bits per heavy atom. The number of rotatable bonds is 7. The Hall–Kier alpha value is -0.620. The second kappa shape index (κ2) is 6.07. The van der Waals surface area contributed by atoms with E-state index in [0.717, 1.165) is 6.26 Å². The minimum absolute atomic E-state index is 0.0278. The predicted octanol–water partition coefficient (Wildman–Crippen LogP) is -0.668. The molecule has 0 atom stereocenters. The monoisotopic (exact) mass is 256 g/mol. The molecule has 0 fully saturated rings. The summed E-state index contributed by atoms with van der Waals surface area (Å²) in [6.07, 6.45) is 5.72. The van der Waals surface area contributed by atoms with Crippen molar-refractivity contribution in [1.82, 2.24) is 0 Å². The van der Waals surface area contributed by atoms with Crippen LogP contribution in [0.25, 0.3) is 0 Å². The summed E-state index contributed by atoms with van der Waals surface area (Å²) in [5, 5.41) is 0. The van der Waals surface area contributed by atoms with Gasteiger partial charge in [-0.3, -0.25) is 8.37 Å². The van der Waals surface area contributed by atoms with Crippen LogP contribution >= 0.6 is 0 Å². The van der Waals surface area contributed by atoms with Crippen LogP contribution in [0.3, 0.4) is 0 Å². The van der Waals surface area contributed by atoms with Crippen LogP contribution in [0.2, 0.25) is 0 Å². The molecular weight excluding hydrogens is 244 g/mol. The first-order valence-corrected chi connectivity index (χ1v) is 7.31.